The van der Waals surface area contributed by atoms with E-state index in [0.29, 0.717) is 5.69 Å². The summed E-state index contributed by atoms with van der Waals surface area (Å²) < 4.78 is 2.87. The molecule has 6 heteroatoms. The number of fused-ring (bicyclic) bond motifs is 1. The Labute approximate surface area is 208 Å². The van der Waals surface area contributed by atoms with Gasteiger partial charge in [0.2, 0.25) is 8.07 Å². The number of hydrogen-bond acceptors (Lipinski definition) is 4. The second-order valence-corrected chi connectivity index (χ2v) is 12.9. The first-order valence-corrected chi connectivity index (χ1v) is 14.3. The highest BCUT2D eigenvalue weighted by Gasteiger charge is 2.48. The van der Waals surface area contributed by atoms with E-state index in [1.165, 1.54) is 0 Å². The molecule has 4 nitrogen and oxygen atoms in total. The van der Waals surface area contributed by atoms with E-state index >= 15 is 0 Å². The van der Waals surface area contributed by atoms with E-state index in [1.807, 2.05) is 72.1 Å². The third kappa shape index (κ3) is 3.46. The fourth-order valence-corrected chi connectivity index (χ4v) is 10.2. The van der Waals surface area contributed by atoms with Gasteiger partial charge >= 0.3 is 0 Å². The van der Waals surface area contributed by atoms with Gasteiger partial charge in [-0.2, -0.15) is 0 Å². The SMILES string of the molecule is O=C(c1cnnn1-c1csc2ccccc12)[Si](c1ccccc1)(c1ccccc1)c1ccccc1. The van der Waals surface area contributed by atoms with Crippen LogP contribution in [0.3, 0.4) is 0 Å². The summed E-state index contributed by atoms with van der Waals surface area (Å²) >= 11 is 1.64. The summed E-state index contributed by atoms with van der Waals surface area (Å²) in [4.78, 5) is 14.9. The number of benzene rings is 4. The van der Waals surface area contributed by atoms with Gasteiger partial charge < -0.3 is 0 Å². The number of carbonyl (C=O) groups is 1. The van der Waals surface area contributed by atoms with E-state index in [2.05, 4.69) is 58.8 Å². The molecule has 168 valence electrons. The second kappa shape index (κ2) is 8.90. The highest BCUT2D eigenvalue weighted by molar-refractivity contribution is 7.31. The van der Waals surface area contributed by atoms with Crippen LogP contribution in [0.5, 0.6) is 0 Å². The van der Waals surface area contributed by atoms with Gasteiger partial charge in [-0.25, -0.2) is 4.68 Å². The van der Waals surface area contributed by atoms with Crippen molar-refractivity contribution in [1.82, 2.24) is 15.0 Å². The van der Waals surface area contributed by atoms with Crippen molar-refractivity contribution in [2.45, 2.75) is 0 Å². The van der Waals surface area contributed by atoms with Crippen LogP contribution in [-0.2, 0) is 0 Å². The van der Waals surface area contributed by atoms with E-state index < -0.39 is 8.07 Å². The molecule has 6 rings (SSSR count). The molecule has 0 saturated heterocycles. The Bertz CT molecular complexity index is 1510. The molecule has 0 aliphatic carbocycles. The molecule has 0 aliphatic heterocycles. The molecule has 0 radical (unpaired) electrons. The lowest BCUT2D eigenvalue weighted by Crippen LogP contribution is -2.72. The van der Waals surface area contributed by atoms with Crippen molar-refractivity contribution >= 4 is 50.5 Å². The maximum Gasteiger partial charge on any atom is 0.232 e. The summed E-state index contributed by atoms with van der Waals surface area (Å²) in [6.07, 6.45) is 1.62. The minimum Gasteiger partial charge on any atom is -0.297 e. The summed E-state index contributed by atoms with van der Waals surface area (Å²) in [6.45, 7) is 0. The van der Waals surface area contributed by atoms with Crippen molar-refractivity contribution in [2.24, 2.45) is 0 Å². The van der Waals surface area contributed by atoms with Gasteiger partial charge in [-0.15, -0.1) is 16.4 Å². The number of rotatable bonds is 6. The highest BCUT2D eigenvalue weighted by atomic mass is 32.1. The number of nitrogens with zero attached hydrogens (tertiary/aromatic N) is 3. The Morgan fingerprint density at radius 1 is 0.686 bits per heavy atom. The van der Waals surface area contributed by atoms with Gasteiger partial charge in [0.05, 0.1) is 11.9 Å². The Morgan fingerprint density at radius 3 is 1.77 bits per heavy atom. The molecule has 2 heterocycles. The van der Waals surface area contributed by atoms with Crippen LogP contribution < -0.4 is 15.6 Å². The zero-order chi connectivity index (χ0) is 23.7. The zero-order valence-corrected chi connectivity index (χ0v) is 20.6. The van der Waals surface area contributed by atoms with Crippen molar-refractivity contribution in [3.05, 3.63) is 133 Å². The smallest absolute Gasteiger partial charge is 0.232 e. The van der Waals surface area contributed by atoms with E-state index in [-0.39, 0.29) is 5.41 Å². The lowest BCUT2D eigenvalue weighted by Gasteiger charge is -2.31. The lowest BCUT2D eigenvalue weighted by molar-refractivity contribution is 0.106. The first kappa shape index (κ1) is 21.4. The fraction of sp³-hybridized carbons (Fsp3) is 0. The van der Waals surface area contributed by atoms with Crippen LogP contribution in [-0.4, -0.2) is 28.5 Å². The minimum absolute atomic E-state index is 0.0568. The Balaban J connectivity index is 1.65. The molecule has 0 spiro atoms. The third-order valence-electron chi connectivity index (χ3n) is 6.43. The highest BCUT2D eigenvalue weighted by Crippen LogP contribution is 2.29. The Hall–Kier alpha value is -4.13. The number of hydrogen-bond donors (Lipinski definition) is 0. The fourth-order valence-electron chi connectivity index (χ4n) is 4.85. The molecule has 0 amide bonds. The standard InChI is InChI=1S/C29H21N3OSSi/c33-29(26-20-30-31-32(26)27-21-34-28-19-11-10-18-25(27)28)35(22-12-4-1-5-13-22,23-14-6-2-7-15-23)24-16-8-3-9-17-24/h1-21H. The van der Waals surface area contributed by atoms with Crippen LogP contribution in [0.4, 0.5) is 0 Å². The summed E-state index contributed by atoms with van der Waals surface area (Å²) in [6, 6.07) is 38.7. The molecule has 0 aliphatic rings. The minimum atomic E-state index is -3.18. The van der Waals surface area contributed by atoms with Crippen LogP contribution >= 0.6 is 11.3 Å². The maximum atomic E-state index is 14.9. The summed E-state index contributed by atoms with van der Waals surface area (Å²) in [5, 5.41) is 14.9. The zero-order valence-electron chi connectivity index (χ0n) is 18.8. The average molecular weight is 488 g/mol. The van der Waals surface area contributed by atoms with Crippen molar-refractivity contribution in [1.29, 1.82) is 0 Å². The number of carbonyl (C=O) groups excluding carboxylic acids is 1. The second-order valence-electron chi connectivity index (χ2n) is 8.33. The summed E-state index contributed by atoms with van der Waals surface area (Å²) in [5.74, 6) is 0. The van der Waals surface area contributed by atoms with Gasteiger partial charge in [0.1, 0.15) is 5.69 Å². The monoisotopic (exact) mass is 487 g/mol. The molecule has 0 saturated carbocycles. The van der Waals surface area contributed by atoms with Gasteiger partial charge in [-0.1, -0.05) is 114 Å². The van der Waals surface area contributed by atoms with Gasteiger partial charge in [-0.05, 0) is 21.6 Å². The Kier molecular flexibility index (Phi) is 5.45. The van der Waals surface area contributed by atoms with Crippen LogP contribution in [0.25, 0.3) is 15.8 Å². The van der Waals surface area contributed by atoms with Crippen molar-refractivity contribution in [3.63, 3.8) is 0 Å². The maximum absolute atomic E-state index is 14.9. The van der Waals surface area contributed by atoms with Crippen LogP contribution in [0.1, 0.15) is 10.5 Å². The molecule has 0 unspecified atom stereocenters. The van der Waals surface area contributed by atoms with Crippen molar-refractivity contribution in [3.8, 4) is 5.69 Å². The Morgan fingerprint density at radius 2 is 1.20 bits per heavy atom. The molecular weight excluding hydrogens is 466 g/mol. The summed E-state index contributed by atoms with van der Waals surface area (Å²) in [7, 11) is -3.18. The largest absolute Gasteiger partial charge is 0.297 e. The van der Waals surface area contributed by atoms with E-state index in [9.17, 15) is 4.79 Å². The first-order chi connectivity index (χ1) is 17.3. The average Bonchev–Trinajstić information content (AvgIpc) is 3.58. The van der Waals surface area contributed by atoms with Gasteiger partial charge in [0.15, 0.2) is 5.41 Å². The molecule has 0 bridgehead atoms. The molecule has 0 atom stereocenters. The molecule has 2 aromatic heterocycles. The van der Waals surface area contributed by atoms with E-state index in [0.717, 1.165) is 31.3 Å². The van der Waals surface area contributed by atoms with Crippen LogP contribution in [0, 0.1) is 0 Å². The molecule has 4 aromatic carbocycles. The topological polar surface area (TPSA) is 47.8 Å². The van der Waals surface area contributed by atoms with E-state index in [4.69, 9.17) is 0 Å². The predicted octanol–water partition coefficient (Wildman–Crippen LogP) is 4.37. The van der Waals surface area contributed by atoms with Crippen LogP contribution in [0.2, 0.25) is 0 Å². The number of aromatic nitrogens is 3. The quantitative estimate of drug-likeness (QED) is 0.259. The van der Waals surface area contributed by atoms with E-state index in [1.54, 1.807) is 22.2 Å². The molecule has 6 aromatic rings. The van der Waals surface area contributed by atoms with Gasteiger partial charge in [0.25, 0.3) is 0 Å². The molecule has 0 fully saturated rings. The van der Waals surface area contributed by atoms with Gasteiger partial charge in [-0.3, -0.25) is 4.79 Å². The normalized spacial score (nSPS) is 11.5. The third-order valence-corrected chi connectivity index (χ3v) is 11.9. The van der Waals surface area contributed by atoms with Crippen LogP contribution in [0.15, 0.2) is 127 Å². The molecular formula is C29H21N3OSSi. The van der Waals surface area contributed by atoms with Crippen molar-refractivity contribution in [2.75, 3.05) is 0 Å². The molecule has 35 heavy (non-hydrogen) atoms. The number of thiophene rings is 1. The van der Waals surface area contributed by atoms with Gasteiger partial charge in [0, 0.05) is 15.5 Å². The first-order valence-electron chi connectivity index (χ1n) is 11.4. The lowest BCUT2D eigenvalue weighted by atomic mass is 10.2. The van der Waals surface area contributed by atoms with Crippen molar-refractivity contribution < 1.29 is 4.79 Å². The molecule has 0 N–H and O–H groups in total. The summed E-state index contributed by atoms with van der Waals surface area (Å²) in [5.41, 5.74) is 1.38. The predicted molar refractivity (Wildman–Crippen MR) is 145 cm³/mol.